The van der Waals surface area contributed by atoms with Crippen molar-refractivity contribution >= 4 is 65.7 Å². The van der Waals surface area contributed by atoms with E-state index in [9.17, 15) is 5.26 Å². The van der Waals surface area contributed by atoms with Crippen molar-refractivity contribution in [2.45, 2.75) is 0 Å². The molecular weight excluding hydrogens is 576 g/mol. The Kier molecular flexibility index (Phi) is 5.32. The van der Waals surface area contributed by atoms with Gasteiger partial charge in [-0.3, -0.25) is 0 Å². The van der Waals surface area contributed by atoms with Crippen molar-refractivity contribution in [1.82, 2.24) is 4.57 Å². The number of nitriles is 1. The molecule has 0 aliphatic carbocycles. The normalized spacial score (nSPS) is 11.8. The monoisotopic (exact) mass is 600 g/mol. The molecule has 10 aromatic rings. The fraction of sp³-hybridized carbons (Fsp3) is 0. The van der Waals surface area contributed by atoms with E-state index in [0.29, 0.717) is 5.56 Å². The first-order chi connectivity index (χ1) is 23.3. The highest BCUT2D eigenvalue weighted by Crippen LogP contribution is 2.43. The van der Waals surface area contributed by atoms with E-state index in [1.54, 1.807) is 0 Å². The summed E-state index contributed by atoms with van der Waals surface area (Å²) in [6.07, 6.45) is 0. The molecule has 3 aromatic heterocycles. The topological polar surface area (TPSA) is 55.0 Å². The van der Waals surface area contributed by atoms with Gasteiger partial charge in [0.05, 0.1) is 22.7 Å². The summed E-state index contributed by atoms with van der Waals surface area (Å²) >= 11 is 0. The molecule has 0 saturated heterocycles. The molecule has 0 atom stereocenters. The number of rotatable bonds is 3. The first-order valence-electron chi connectivity index (χ1n) is 15.7. The van der Waals surface area contributed by atoms with Crippen LogP contribution in [0.5, 0.6) is 0 Å². The van der Waals surface area contributed by atoms with E-state index in [4.69, 9.17) is 8.83 Å². The Balaban J connectivity index is 1.22. The van der Waals surface area contributed by atoms with Gasteiger partial charge in [-0.25, -0.2) is 0 Å². The van der Waals surface area contributed by atoms with Crippen LogP contribution in [0.4, 0.5) is 0 Å². The number of nitrogens with zero attached hydrogens (tertiary/aromatic N) is 2. The highest BCUT2D eigenvalue weighted by molar-refractivity contribution is 6.16. The highest BCUT2D eigenvalue weighted by atomic mass is 16.3. The lowest BCUT2D eigenvalue weighted by molar-refractivity contribution is 0.665. The number of fused-ring (bicyclic) bond motifs is 9. The summed E-state index contributed by atoms with van der Waals surface area (Å²) in [6.45, 7) is 0. The zero-order valence-corrected chi connectivity index (χ0v) is 25.1. The summed E-state index contributed by atoms with van der Waals surface area (Å²) in [5.74, 6) is 0. The van der Waals surface area contributed by atoms with E-state index < -0.39 is 0 Å². The predicted molar refractivity (Wildman–Crippen MR) is 191 cm³/mol. The van der Waals surface area contributed by atoms with Crippen molar-refractivity contribution in [3.63, 3.8) is 0 Å². The SMILES string of the molecule is N#Cc1cc(-c2cccc3c2oc2c(-c4cccc5c4oc4ccccc45)cccc23)cc(-n2c3ccccc3c3ccccc32)c1. The van der Waals surface area contributed by atoms with E-state index in [1.165, 1.54) is 10.8 Å². The Morgan fingerprint density at radius 1 is 0.447 bits per heavy atom. The number of furan rings is 2. The molecule has 0 unspecified atom stereocenters. The van der Waals surface area contributed by atoms with Crippen LogP contribution in [-0.4, -0.2) is 4.57 Å². The largest absolute Gasteiger partial charge is 0.455 e. The van der Waals surface area contributed by atoms with Gasteiger partial charge in [0, 0.05) is 54.7 Å². The summed E-state index contributed by atoms with van der Waals surface area (Å²) in [5, 5.41) is 16.8. The van der Waals surface area contributed by atoms with Crippen LogP contribution in [0, 0.1) is 11.3 Å². The van der Waals surface area contributed by atoms with Gasteiger partial charge in [-0.1, -0.05) is 109 Å². The second-order valence-electron chi connectivity index (χ2n) is 12.0. The van der Waals surface area contributed by atoms with E-state index in [-0.39, 0.29) is 0 Å². The molecule has 0 spiro atoms. The van der Waals surface area contributed by atoms with E-state index in [0.717, 1.165) is 82.9 Å². The average Bonchev–Trinajstić information content (AvgIpc) is 3.81. The van der Waals surface area contributed by atoms with Gasteiger partial charge in [0.2, 0.25) is 0 Å². The predicted octanol–water partition coefficient (Wildman–Crippen LogP) is 11.8. The van der Waals surface area contributed by atoms with Gasteiger partial charge in [-0.15, -0.1) is 0 Å². The van der Waals surface area contributed by atoms with Crippen molar-refractivity contribution in [3.05, 3.63) is 151 Å². The molecule has 3 heterocycles. The first-order valence-corrected chi connectivity index (χ1v) is 15.7. The lowest BCUT2D eigenvalue weighted by Gasteiger charge is -2.11. The molecule has 0 bridgehead atoms. The molecule has 0 N–H and O–H groups in total. The molecule has 0 amide bonds. The summed E-state index contributed by atoms with van der Waals surface area (Å²) < 4.78 is 15.5. The van der Waals surface area contributed by atoms with Crippen LogP contribution in [0.3, 0.4) is 0 Å². The van der Waals surface area contributed by atoms with E-state index >= 15 is 0 Å². The van der Waals surface area contributed by atoms with Crippen LogP contribution in [0.25, 0.3) is 93.6 Å². The lowest BCUT2D eigenvalue weighted by atomic mass is 9.98. The van der Waals surface area contributed by atoms with Gasteiger partial charge < -0.3 is 13.4 Å². The van der Waals surface area contributed by atoms with E-state index in [1.807, 2.05) is 30.3 Å². The molecule has 4 heteroatoms. The molecule has 10 rings (SSSR count). The fourth-order valence-electron chi connectivity index (χ4n) is 7.38. The second kappa shape index (κ2) is 9.71. The number of hydrogen-bond acceptors (Lipinski definition) is 3. The summed E-state index contributed by atoms with van der Waals surface area (Å²) in [5.41, 5.74) is 10.9. The lowest BCUT2D eigenvalue weighted by Crippen LogP contribution is -1.96. The highest BCUT2D eigenvalue weighted by Gasteiger charge is 2.20. The van der Waals surface area contributed by atoms with Crippen LogP contribution in [0.2, 0.25) is 0 Å². The minimum absolute atomic E-state index is 0.588. The first kappa shape index (κ1) is 25.7. The number of para-hydroxylation sites is 6. The smallest absolute Gasteiger partial charge is 0.143 e. The second-order valence-corrected chi connectivity index (χ2v) is 12.0. The molecule has 0 saturated carbocycles. The molecule has 0 radical (unpaired) electrons. The summed E-state index contributed by atoms with van der Waals surface area (Å²) in [4.78, 5) is 0. The quantitative estimate of drug-likeness (QED) is 0.203. The van der Waals surface area contributed by atoms with Crippen molar-refractivity contribution in [3.8, 4) is 34.0 Å². The van der Waals surface area contributed by atoms with Crippen molar-refractivity contribution in [1.29, 1.82) is 5.26 Å². The fourth-order valence-corrected chi connectivity index (χ4v) is 7.38. The minimum atomic E-state index is 0.588. The standard InChI is InChI=1S/C43H24N2O2/c44-25-26-22-27(24-28(23-26)45-38-19-4-1-10-30(38)31-11-2-5-20-39(31)45)29-13-7-15-34-36-17-9-18-37(43(36)47-41(29)34)35-16-8-14-33-32-12-3-6-21-40(32)46-42(33)35/h1-24H. The van der Waals surface area contributed by atoms with Crippen molar-refractivity contribution < 1.29 is 8.83 Å². The molecule has 7 aromatic carbocycles. The Morgan fingerprint density at radius 3 is 1.62 bits per heavy atom. The maximum Gasteiger partial charge on any atom is 0.143 e. The molecule has 47 heavy (non-hydrogen) atoms. The van der Waals surface area contributed by atoms with Gasteiger partial charge in [-0.05, 0) is 42.0 Å². The third kappa shape index (κ3) is 3.69. The van der Waals surface area contributed by atoms with Crippen molar-refractivity contribution in [2.75, 3.05) is 0 Å². The van der Waals surface area contributed by atoms with Gasteiger partial charge in [0.15, 0.2) is 0 Å². The van der Waals surface area contributed by atoms with Gasteiger partial charge >= 0.3 is 0 Å². The van der Waals surface area contributed by atoms with E-state index in [2.05, 4.69) is 126 Å². The summed E-state index contributed by atoms with van der Waals surface area (Å²) in [7, 11) is 0. The third-order valence-electron chi connectivity index (χ3n) is 9.41. The molecule has 4 nitrogen and oxygen atoms in total. The van der Waals surface area contributed by atoms with Crippen LogP contribution in [0.15, 0.2) is 154 Å². The zero-order valence-electron chi connectivity index (χ0n) is 25.1. The minimum Gasteiger partial charge on any atom is -0.455 e. The van der Waals surface area contributed by atoms with Gasteiger partial charge in [-0.2, -0.15) is 5.26 Å². The number of hydrogen-bond donors (Lipinski definition) is 0. The Hall–Kier alpha value is -6.57. The Labute approximate surface area is 268 Å². The summed E-state index contributed by atoms with van der Waals surface area (Å²) in [6, 6.07) is 52.3. The Morgan fingerprint density at radius 2 is 0.957 bits per heavy atom. The maximum absolute atomic E-state index is 10.2. The molecular formula is C43H24N2O2. The van der Waals surface area contributed by atoms with Crippen LogP contribution in [0.1, 0.15) is 5.56 Å². The molecule has 0 aliphatic rings. The third-order valence-corrected chi connectivity index (χ3v) is 9.41. The van der Waals surface area contributed by atoms with Crippen molar-refractivity contribution in [2.24, 2.45) is 0 Å². The average molecular weight is 601 g/mol. The van der Waals surface area contributed by atoms with Crippen LogP contribution >= 0.6 is 0 Å². The van der Waals surface area contributed by atoms with Gasteiger partial charge in [0.1, 0.15) is 22.3 Å². The molecule has 0 fully saturated rings. The number of benzene rings is 7. The van der Waals surface area contributed by atoms with Crippen LogP contribution < -0.4 is 0 Å². The Bertz CT molecular complexity index is 2880. The van der Waals surface area contributed by atoms with Crippen LogP contribution in [-0.2, 0) is 0 Å². The molecule has 0 aliphatic heterocycles. The zero-order chi connectivity index (χ0) is 31.1. The van der Waals surface area contributed by atoms with Gasteiger partial charge in [0.25, 0.3) is 0 Å². The molecule has 218 valence electrons. The maximum atomic E-state index is 10.2. The number of aromatic nitrogens is 1.